The van der Waals surface area contributed by atoms with Gasteiger partial charge in [0.25, 0.3) is 0 Å². The minimum atomic E-state index is -0.434. The quantitative estimate of drug-likeness (QED) is 0.0382. The zero-order valence-corrected chi connectivity index (χ0v) is 31.4. The van der Waals surface area contributed by atoms with Gasteiger partial charge in [0.1, 0.15) is 11.9 Å². The highest BCUT2D eigenvalue weighted by molar-refractivity contribution is 5.54. The predicted octanol–water partition coefficient (Wildman–Crippen LogP) is 15.0. The van der Waals surface area contributed by atoms with Gasteiger partial charge in [0.05, 0.1) is 0 Å². The lowest BCUT2D eigenvalue weighted by Crippen LogP contribution is -2.16. The van der Waals surface area contributed by atoms with E-state index in [9.17, 15) is 9.59 Å². The highest BCUT2D eigenvalue weighted by atomic mass is 16.1. The summed E-state index contributed by atoms with van der Waals surface area (Å²) in [4.78, 5) is 22.7. The Morgan fingerprint density at radius 2 is 0.587 bits per heavy atom. The van der Waals surface area contributed by atoms with Crippen LogP contribution >= 0.6 is 0 Å². The summed E-state index contributed by atoms with van der Waals surface area (Å²) < 4.78 is 0. The van der Waals surface area contributed by atoms with Crippen molar-refractivity contribution in [2.24, 2.45) is 5.41 Å². The molecule has 0 saturated carbocycles. The van der Waals surface area contributed by atoms with Crippen LogP contribution in [-0.4, -0.2) is 11.9 Å². The topological polar surface area (TPSA) is 34.1 Å². The number of hydrogen-bond acceptors (Lipinski definition) is 2. The summed E-state index contributed by atoms with van der Waals surface area (Å²) in [5, 5.41) is 0. The van der Waals surface area contributed by atoms with Gasteiger partial charge in [-0.05, 0) is 38.5 Å². The Kier molecular flexibility index (Phi) is 37.0. The molecule has 0 saturated heterocycles. The minimum Gasteiger partial charge on any atom is -0.234 e. The highest BCUT2D eigenvalue weighted by Crippen LogP contribution is 2.34. The molecular weight excluding hydrogens is 560 g/mol. The zero-order valence-electron chi connectivity index (χ0n) is 31.4. The summed E-state index contributed by atoms with van der Waals surface area (Å²) in [6.45, 7) is 4.57. The smallest absolute Gasteiger partial charge is 0.120 e. The fourth-order valence-electron chi connectivity index (χ4n) is 6.92. The first-order valence-electron chi connectivity index (χ1n) is 20.8. The molecule has 2 nitrogen and oxygen atoms in total. The van der Waals surface area contributed by atoms with E-state index >= 15 is 0 Å². The molecule has 0 amide bonds. The van der Waals surface area contributed by atoms with Crippen molar-refractivity contribution in [3.05, 3.63) is 24.3 Å². The van der Waals surface area contributed by atoms with Crippen LogP contribution in [0.5, 0.6) is 0 Å². The highest BCUT2D eigenvalue weighted by Gasteiger charge is 2.24. The van der Waals surface area contributed by atoms with Gasteiger partial charge in [0, 0.05) is 17.6 Å². The molecule has 0 N–H and O–H groups in total. The van der Waals surface area contributed by atoms with Crippen LogP contribution in [-0.2, 0) is 9.59 Å². The fourth-order valence-corrected chi connectivity index (χ4v) is 6.92. The second kappa shape index (κ2) is 38.1. The molecule has 46 heavy (non-hydrogen) atoms. The summed E-state index contributed by atoms with van der Waals surface area (Å²) in [7, 11) is 0. The molecule has 0 heterocycles. The van der Waals surface area contributed by atoms with E-state index in [0.717, 1.165) is 25.7 Å². The Labute approximate surface area is 289 Å². The van der Waals surface area contributed by atoms with Crippen molar-refractivity contribution >= 4 is 11.9 Å². The van der Waals surface area contributed by atoms with Gasteiger partial charge >= 0.3 is 0 Å². The van der Waals surface area contributed by atoms with E-state index in [1.807, 2.05) is 11.9 Å². The lowest BCUT2D eigenvalue weighted by Gasteiger charge is -2.24. The summed E-state index contributed by atoms with van der Waals surface area (Å²) >= 11 is 0. The summed E-state index contributed by atoms with van der Waals surface area (Å²) in [6, 6.07) is 0. The molecule has 0 unspecified atom stereocenters. The van der Waals surface area contributed by atoms with Gasteiger partial charge in [-0.2, -0.15) is 0 Å². The van der Waals surface area contributed by atoms with E-state index in [2.05, 4.69) is 26.0 Å². The van der Waals surface area contributed by atoms with Crippen LogP contribution in [0.4, 0.5) is 0 Å². The molecule has 0 aromatic heterocycles. The lowest BCUT2D eigenvalue weighted by atomic mass is 9.78. The molecule has 0 atom stereocenters. The molecule has 2 heteroatoms. The third-order valence-corrected chi connectivity index (χ3v) is 10.1. The van der Waals surface area contributed by atoms with Crippen molar-refractivity contribution in [3.63, 3.8) is 0 Å². The number of carbonyl (C=O) groups excluding carboxylic acids is 2. The number of rotatable bonds is 38. The van der Waals surface area contributed by atoms with Gasteiger partial charge in [-0.3, -0.25) is 0 Å². The Hall–Kier alpha value is -1.36. The third kappa shape index (κ3) is 32.6. The maximum Gasteiger partial charge on any atom is 0.120 e. The molecule has 268 valence electrons. The molecule has 0 aliphatic heterocycles. The maximum atomic E-state index is 11.3. The Bertz CT molecular complexity index is 706. The second-order valence-electron chi connectivity index (χ2n) is 14.6. The minimum absolute atomic E-state index is 0.434. The SMILES string of the molecule is CCCCCCCC/C=C\CCCCCCCC(C=C=O)(C=C=O)CCCCCCCCCCCCCCCCCCCCCC. The van der Waals surface area contributed by atoms with Crippen LogP contribution in [0.1, 0.15) is 239 Å². The van der Waals surface area contributed by atoms with Gasteiger partial charge < -0.3 is 0 Å². The average molecular weight is 641 g/mol. The number of hydrogen-bond donors (Lipinski definition) is 0. The van der Waals surface area contributed by atoms with Crippen LogP contribution in [0, 0.1) is 5.41 Å². The molecule has 0 rings (SSSR count). The van der Waals surface area contributed by atoms with Crippen molar-refractivity contribution in [2.75, 3.05) is 0 Å². The zero-order chi connectivity index (χ0) is 33.5. The van der Waals surface area contributed by atoms with Crippen LogP contribution in [0.2, 0.25) is 0 Å². The Balaban J connectivity index is 3.75. The van der Waals surface area contributed by atoms with Crippen LogP contribution < -0.4 is 0 Å². The monoisotopic (exact) mass is 641 g/mol. The third-order valence-electron chi connectivity index (χ3n) is 10.1. The summed E-state index contributed by atoms with van der Waals surface area (Å²) in [6.07, 6.45) is 53.9. The molecule has 0 fully saturated rings. The van der Waals surface area contributed by atoms with Gasteiger partial charge in [-0.25, -0.2) is 9.59 Å². The maximum absolute atomic E-state index is 11.3. The van der Waals surface area contributed by atoms with Crippen LogP contribution in [0.15, 0.2) is 24.3 Å². The number of unbranched alkanes of at least 4 members (excludes halogenated alkanes) is 30. The molecule has 0 spiro atoms. The molecule has 0 aliphatic carbocycles. The molecule has 0 aliphatic rings. The van der Waals surface area contributed by atoms with Crippen molar-refractivity contribution in [1.29, 1.82) is 0 Å². The molecule has 0 radical (unpaired) electrons. The fraction of sp³-hybridized carbons (Fsp3) is 0.864. The molecule has 0 bridgehead atoms. The van der Waals surface area contributed by atoms with E-state index < -0.39 is 5.41 Å². The van der Waals surface area contributed by atoms with Crippen molar-refractivity contribution in [1.82, 2.24) is 0 Å². The number of allylic oxidation sites excluding steroid dienone is 4. The van der Waals surface area contributed by atoms with Gasteiger partial charge in [-0.1, -0.05) is 212 Å². The van der Waals surface area contributed by atoms with Crippen molar-refractivity contribution < 1.29 is 9.59 Å². The molecule has 0 aromatic carbocycles. The van der Waals surface area contributed by atoms with Crippen molar-refractivity contribution in [2.45, 2.75) is 239 Å². The van der Waals surface area contributed by atoms with E-state index in [1.165, 1.54) is 199 Å². The second-order valence-corrected chi connectivity index (χ2v) is 14.6. The van der Waals surface area contributed by atoms with E-state index in [1.54, 1.807) is 12.2 Å². The molecular formula is C44H80O2. The normalized spacial score (nSPS) is 12.7. The lowest BCUT2D eigenvalue weighted by molar-refractivity contribution is 0.372. The first-order valence-corrected chi connectivity index (χ1v) is 20.8. The van der Waals surface area contributed by atoms with Crippen LogP contribution in [0.25, 0.3) is 0 Å². The first kappa shape index (κ1) is 44.6. The Morgan fingerprint density at radius 1 is 0.348 bits per heavy atom. The largest absolute Gasteiger partial charge is 0.234 e. The summed E-state index contributed by atoms with van der Waals surface area (Å²) in [5.41, 5.74) is -0.434. The van der Waals surface area contributed by atoms with Crippen LogP contribution in [0.3, 0.4) is 0 Å². The summed E-state index contributed by atoms with van der Waals surface area (Å²) in [5.74, 6) is 4.03. The first-order chi connectivity index (χ1) is 22.7. The predicted molar refractivity (Wildman–Crippen MR) is 205 cm³/mol. The molecule has 0 aromatic rings. The van der Waals surface area contributed by atoms with Gasteiger partial charge in [-0.15, -0.1) is 0 Å². The average Bonchev–Trinajstić information content (AvgIpc) is 3.06. The van der Waals surface area contributed by atoms with E-state index in [4.69, 9.17) is 0 Å². The van der Waals surface area contributed by atoms with E-state index in [-0.39, 0.29) is 0 Å². The van der Waals surface area contributed by atoms with E-state index in [0.29, 0.717) is 0 Å². The standard InChI is InChI=1S/C44H80O2/c1-3-5-7-9-11-13-15-17-19-20-21-22-23-25-27-29-31-33-35-37-39-44(40-42-45,41-43-46)38-36-34-32-30-28-26-24-18-16-14-12-10-8-6-4-2/h18,24,40-41H,3-17,19-23,25-39H2,1-2H3/b24-18-. The van der Waals surface area contributed by atoms with Gasteiger partial charge in [0.15, 0.2) is 0 Å². The van der Waals surface area contributed by atoms with Crippen molar-refractivity contribution in [3.8, 4) is 0 Å². The Morgan fingerprint density at radius 3 is 0.848 bits per heavy atom. The van der Waals surface area contributed by atoms with Gasteiger partial charge in [0.2, 0.25) is 0 Å².